The minimum absolute atomic E-state index is 0.0550. The van der Waals surface area contributed by atoms with E-state index in [1.165, 1.54) is 0 Å². The molecule has 0 heterocycles. The minimum Gasteiger partial charge on any atom is -0.508 e. The fraction of sp³-hybridized carbons (Fsp3) is 0.182. The molecule has 6 aromatic carbocycles. The predicted octanol–water partition coefficient (Wildman–Crippen LogP) is 6.49. The van der Waals surface area contributed by atoms with Gasteiger partial charge in [-0.2, -0.15) is 0 Å². The lowest BCUT2D eigenvalue weighted by atomic mass is 10.0. The van der Waals surface area contributed by atoms with E-state index in [-0.39, 0.29) is 38.8 Å². The van der Waals surface area contributed by atoms with Gasteiger partial charge in [-0.3, -0.25) is 0 Å². The van der Waals surface area contributed by atoms with E-state index in [9.17, 15) is 24.9 Å². The Hall–Kier alpha value is -6.54. The highest BCUT2D eigenvalue weighted by atomic mass is 16.6. The molecule has 0 spiro atoms. The topological polar surface area (TPSA) is 141 Å². The van der Waals surface area contributed by atoms with Crippen molar-refractivity contribution in [2.75, 3.05) is 33.0 Å². The predicted molar refractivity (Wildman–Crippen MR) is 203 cm³/mol. The second kappa shape index (κ2) is 17.8. The monoisotopic (exact) mass is 726 g/mol. The van der Waals surface area contributed by atoms with Crippen LogP contribution in [0.2, 0.25) is 0 Å². The number of hydrogen-bond acceptors (Lipinski definition) is 10. The number of carbonyl (C=O) groups is 2. The molecule has 0 amide bonds. The van der Waals surface area contributed by atoms with Gasteiger partial charge in [0, 0.05) is 0 Å². The molecule has 54 heavy (non-hydrogen) atoms. The van der Waals surface area contributed by atoms with E-state index in [4.69, 9.17) is 30.1 Å². The lowest BCUT2D eigenvalue weighted by Crippen LogP contribution is -2.25. The van der Waals surface area contributed by atoms with Crippen molar-refractivity contribution in [2.24, 2.45) is 0 Å². The van der Waals surface area contributed by atoms with Gasteiger partial charge < -0.3 is 39.0 Å². The Balaban J connectivity index is 0.883. The van der Waals surface area contributed by atoms with Gasteiger partial charge in [0.25, 0.3) is 0 Å². The summed E-state index contributed by atoms with van der Waals surface area (Å²) in [7, 11) is 0. The van der Waals surface area contributed by atoms with Gasteiger partial charge in [0.1, 0.15) is 68.2 Å². The van der Waals surface area contributed by atoms with Crippen molar-refractivity contribution in [1.82, 2.24) is 0 Å². The minimum atomic E-state index is -1.02. The van der Waals surface area contributed by atoms with Crippen molar-refractivity contribution >= 4 is 33.5 Å². The lowest BCUT2D eigenvalue weighted by Gasteiger charge is -2.14. The molecular formula is C44H38O10. The van der Waals surface area contributed by atoms with Crippen molar-refractivity contribution in [3.05, 3.63) is 144 Å². The summed E-state index contributed by atoms with van der Waals surface area (Å²) in [4.78, 5) is 25.1. The number of aliphatic hydroxyl groups excluding tert-OH is 2. The highest BCUT2D eigenvalue weighted by Crippen LogP contribution is 2.24. The Morgan fingerprint density at radius 2 is 0.981 bits per heavy atom. The maximum Gasteiger partial charge on any atom is 0.338 e. The van der Waals surface area contributed by atoms with Gasteiger partial charge in [-0.05, 0) is 112 Å². The summed E-state index contributed by atoms with van der Waals surface area (Å²) >= 11 is 0. The Kier molecular flexibility index (Phi) is 12.3. The highest BCUT2D eigenvalue weighted by Gasteiger charge is 2.15. The van der Waals surface area contributed by atoms with E-state index >= 15 is 0 Å². The van der Waals surface area contributed by atoms with Gasteiger partial charge in [-0.25, -0.2) is 9.59 Å². The summed E-state index contributed by atoms with van der Waals surface area (Å²) in [6.45, 7) is -0.389. The standard InChI is InChI=1S/C44H38O10/c1-2-19-50-42-18-12-32-22-36(10-8-34(32)24-42)44(49)54-28-39(47)26-52-41-16-5-30(6-17-41)20-29-3-14-40(15-4-29)51-25-38(46)27-53-43(48)35-9-7-33-23-37(45)13-11-31(33)21-35/h1,3-18,21-24,38-39,45-47H,19-20,25-28H2. The number of terminal acetylenes is 1. The summed E-state index contributed by atoms with van der Waals surface area (Å²) in [6, 6.07) is 35.4. The summed E-state index contributed by atoms with van der Waals surface area (Å²) in [5.74, 6) is 3.22. The van der Waals surface area contributed by atoms with Crippen LogP contribution in [0.1, 0.15) is 31.8 Å². The zero-order valence-corrected chi connectivity index (χ0v) is 29.2. The van der Waals surface area contributed by atoms with Crippen molar-refractivity contribution in [3.8, 4) is 35.3 Å². The number of aromatic hydroxyl groups is 1. The first-order valence-electron chi connectivity index (χ1n) is 17.2. The van der Waals surface area contributed by atoms with Crippen LogP contribution in [0.15, 0.2) is 121 Å². The van der Waals surface area contributed by atoms with Crippen LogP contribution in [0.5, 0.6) is 23.0 Å². The molecule has 0 aliphatic heterocycles. The molecular weight excluding hydrogens is 688 g/mol. The van der Waals surface area contributed by atoms with E-state index in [0.717, 1.165) is 32.7 Å². The molecule has 0 bridgehead atoms. The fourth-order valence-corrected chi connectivity index (χ4v) is 5.56. The van der Waals surface area contributed by atoms with Gasteiger partial charge >= 0.3 is 11.9 Å². The first-order valence-corrected chi connectivity index (χ1v) is 17.2. The molecule has 2 atom stereocenters. The number of phenols is 1. The molecule has 274 valence electrons. The van der Waals surface area contributed by atoms with Crippen molar-refractivity contribution in [3.63, 3.8) is 0 Å². The second-order valence-electron chi connectivity index (χ2n) is 12.6. The second-order valence-corrected chi connectivity index (χ2v) is 12.6. The van der Waals surface area contributed by atoms with Crippen LogP contribution in [-0.2, 0) is 15.9 Å². The van der Waals surface area contributed by atoms with Crippen LogP contribution in [0, 0.1) is 12.3 Å². The van der Waals surface area contributed by atoms with Crippen LogP contribution in [0.25, 0.3) is 21.5 Å². The normalized spacial score (nSPS) is 12.0. The van der Waals surface area contributed by atoms with Crippen molar-refractivity contribution < 1.29 is 48.6 Å². The van der Waals surface area contributed by atoms with Crippen molar-refractivity contribution in [1.29, 1.82) is 0 Å². The molecule has 0 aliphatic rings. The maximum absolute atomic E-state index is 12.6. The first kappa shape index (κ1) is 37.2. The summed E-state index contributed by atoms with van der Waals surface area (Å²) in [5.41, 5.74) is 2.79. The first-order chi connectivity index (χ1) is 26.2. The third-order valence-corrected chi connectivity index (χ3v) is 8.38. The van der Waals surface area contributed by atoms with Gasteiger partial charge in [0.2, 0.25) is 0 Å². The van der Waals surface area contributed by atoms with Gasteiger partial charge in [0.05, 0.1) is 11.1 Å². The zero-order chi connectivity index (χ0) is 37.9. The average Bonchev–Trinajstić information content (AvgIpc) is 3.20. The molecule has 0 aromatic heterocycles. The van der Waals surface area contributed by atoms with Crippen LogP contribution < -0.4 is 14.2 Å². The molecule has 2 unspecified atom stereocenters. The maximum atomic E-state index is 12.6. The Morgan fingerprint density at radius 1 is 0.537 bits per heavy atom. The quantitative estimate of drug-likeness (QED) is 0.0749. The number of esters is 2. The molecule has 6 rings (SSSR count). The third-order valence-electron chi connectivity index (χ3n) is 8.38. The highest BCUT2D eigenvalue weighted by molar-refractivity contribution is 5.96. The summed E-state index contributed by atoms with van der Waals surface area (Å²) < 4.78 is 27.4. The largest absolute Gasteiger partial charge is 0.508 e. The number of aliphatic hydroxyl groups is 2. The van der Waals surface area contributed by atoms with Crippen molar-refractivity contribution in [2.45, 2.75) is 18.6 Å². The van der Waals surface area contributed by atoms with E-state index in [2.05, 4.69) is 5.92 Å². The van der Waals surface area contributed by atoms with Gasteiger partial charge in [-0.15, -0.1) is 6.42 Å². The molecule has 0 saturated heterocycles. The lowest BCUT2D eigenvalue weighted by molar-refractivity contribution is 0.0127. The smallest absolute Gasteiger partial charge is 0.338 e. The van der Waals surface area contributed by atoms with E-state index in [1.54, 1.807) is 72.8 Å². The number of fused-ring (bicyclic) bond motifs is 2. The molecule has 0 fully saturated rings. The molecule has 0 radical (unpaired) electrons. The zero-order valence-electron chi connectivity index (χ0n) is 29.2. The van der Waals surface area contributed by atoms with Crippen LogP contribution in [-0.4, -0.2) is 72.5 Å². The Morgan fingerprint density at radius 3 is 1.50 bits per heavy atom. The number of hydrogen-bond donors (Lipinski definition) is 3. The molecule has 6 aromatic rings. The number of rotatable bonds is 16. The SMILES string of the molecule is C#CCOc1ccc2cc(C(=O)OCC(O)COc3ccc(Cc4ccc(OCC(O)COC(=O)c5ccc6cc(O)ccc6c5)cc4)cc3)ccc2c1. The molecule has 0 saturated carbocycles. The number of benzene rings is 6. The average molecular weight is 727 g/mol. The van der Waals surface area contributed by atoms with Crippen LogP contribution >= 0.6 is 0 Å². The third kappa shape index (κ3) is 10.3. The summed E-state index contributed by atoms with van der Waals surface area (Å²) in [5, 5.41) is 33.6. The molecule has 3 N–H and O–H groups in total. The Labute approximate surface area is 312 Å². The molecule has 10 heteroatoms. The number of carbonyl (C=O) groups excluding carboxylic acids is 2. The van der Waals surface area contributed by atoms with E-state index in [0.29, 0.717) is 34.8 Å². The molecule has 0 aliphatic carbocycles. The number of phenolic OH excluding ortho intramolecular Hbond substituents is 1. The van der Waals surface area contributed by atoms with Crippen LogP contribution in [0.3, 0.4) is 0 Å². The van der Waals surface area contributed by atoms with E-state index in [1.807, 2.05) is 48.5 Å². The molecule has 10 nitrogen and oxygen atoms in total. The van der Waals surface area contributed by atoms with Gasteiger partial charge in [-0.1, -0.05) is 54.5 Å². The Bertz CT molecular complexity index is 2260. The summed E-state index contributed by atoms with van der Waals surface area (Å²) in [6.07, 6.45) is 3.86. The van der Waals surface area contributed by atoms with Crippen LogP contribution in [0.4, 0.5) is 0 Å². The number of ether oxygens (including phenoxy) is 5. The van der Waals surface area contributed by atoms with E-state index < -0.39 is 24.1 Å². The van der Waals surface area contributed by atoms with Gasteiger partial charge in [0.15, 0.2) is 0 Å². The fourth-order valence-electron chi connectivity index (χ4n) is 5.56.